The Balaban J connectivity index is 1.22. The lowest BCUT2D eigenvalue weighted by atomic mass is 10.1. The minimum absolute atomic E-state index is 0.0192. The van der Waals surface area contributed by atoms with E-state index in [2.05, 4.69) is 15.5 Å². The van der Waals surface area contributed by atoms with E-state index in [1.165, 1.54) is 0 Å². The van der Waals surface area contributed by atoms with Crippen LogP contribution in [-0.2, 0) is 4.79 Å². The van der Waals surface area contributed by atoms with Crippen LogP contribution in [0.2, 0.25) is 5.02 Å². The topological polar surface area (TPSA) is 73.9 Å². The molecular formula is C27H27ClN4O3S. The Morgan fingerprint density at radius 2 is 1.61 bits per heavy atom. The van der Waals surface area contributed by atoms with Gasteiger partial charge in [0.2, 0.25) is 0 Å². The van der Waals surface area contributed by atoms with E-state index >= 15 is 0 Å². The molecule has 0 atom stereocenters. The number of ether oxygens (including phenoxy) is 1. The van der Waals surface area contributed by atoms with E-state index in [0.29, 0.717) is 29.4 Å². The number of hydrogen-bond donors (Lipinski definition) is 2. The summed E-state index contributed by atoms with van der Waals surface area (Å²) in [6.45, 7) is 4.55. The van der Waals surface area contributed by atoms with E-state index in [1.807, 2.05) is 60.4 Å². The minimum Gasteiger partial charge on any atom is -0.483 e. The van der Waals surface area contributed by atoms with Gasteiger partial charge in [0.1, 0.15) is 5.75 Å². The van der Waals surface area contributed by atoms with E-state index < -0.39 is 0 Å². The van der Waals surface area contributed by atoms with Gasteiger partial charge in [-0.15, -0.1) is 0 Å². The van der Waals surface area contributed by atoms with Gasteiger partial charge in [0.05, 0.1) is 0 Å². The first-order valence-electron chi connectivity index (χ1n) is 11.6. The van der Waals surface area contributed by atoms with Crippen molar-refractivity contribution in [3.63, 3.8) is 0 Å². The van der Waals surface area contributed by atoms with Gasteiger partial charge in [0.25, 0.3) is 11.8 Å². The molecule has 7 nitrogen and oxygen atoms in total. The standard InChI is InChI=1S/C27H27ClN4O3S/c1-19-4-2-3-5-24(19)35-18-25(33)30-27(36)29-22-10-12-23(13-11-22)31-14-16-32(17-15-31)26(34)20-6-8-21(28)9-7-20/h2-13H,14-18H2,1H3,(H2,29,30,33,36). The van der Waals surface area contributed by atoms with Crippen molar-refractivity contribution in [2.45, 2.75) is 6.92 Å². The highest BCUT2D eigenvalue weighted by atomic mass is 35.5. The molecule has 186 valence electrons. The zero-order chi connectivity index (χ0) is 25.5. The number of nitrogens with one attached hydrogen (secondary N) is 2. The van der Waals surface area contributed by atoms with Crippen LogP contribution in [0.3, 0.4) is 0 Å². The van der Waals surface area contributed by atoms with E-state index in [1.54, 1.807) is 24.3 Å². The second-order valence-corrected chi connectivity index (χ2v) is 9.23. The van der Waals surface area contributed by atoms with Crippen LogP contribution in [0.5, 0.6) is 5.75 Å². The van der Waals surface area contributed by atoms with Gasteiger partial charge >= 0.3 is 0 Å². The average molecular weight is 523 g/mol. The Labute approximate surface area is 221 Å². The van der Waals surface area contributed by atoms with Crippen molar-refractivity contribution in [3.8, 4) is 5.75 Å². The lowest BCUT2D eigenvalue weighted by molar-refractivity contribution is -0.121. The highest BCUT2D eigenvalue weighted by Gasteiger charge is 2.22. The number of thiocarbonyl (C=S) groups is 1. The summed E-state index contributed by atoms with van der Waals surface area (Å²) < 4.78 is 5.55. The first kappa shape index (κ1) is 25.5. The van der Waals surface area contributed by atoms with Crippen LogP contribution < -0.4 is 20.3 Å². The molecule has 1 aliphatic rings. The van der Waals surface area contributed by atoms with Crippen molar-refractivity contribution in [2.24, 2.45) is 0 Å². The van der Waals surface area contributed by atoms with E-state index in [9.17, 15) is 9.59 Å². The van der Waals surface area contributed by atoms with Gasteiger partial charge in [-0.25, -0.2) is 0 Å². The summed E-state index contributed by atoms with van der Waals surface area (Å²) in [6, 6.07) is 22.3. The molecule has 3 aromatic rings. The van der Waals surface area contributed by atoms with Gasteiger partial charge < -0.3 is 19.9 Å². The Kier molecular flexibility index (Phi) is 8.40. The fourth-order valence-electron chi connectivity index (χ4n) is 3.89. The molecule has 0 aliphatic carbocycles. The lowest BCUT2D eigenvalue weighted by Crippen LogP contribution is -2.48. The van der Waals surface area contributed by atoms with Crippen LogP contribution in [0.4, 0.5) is 11.4 Å². The summed E-state index contributed by atoms with van der Waals surface area (Å²) in [5.74, 6) is 0.349. The van der Waals surface area contributed by atoms with Crippen LogP contribution in [-0.4, -0.2) is 54.6 Å². The SMILES string of the molecule is Cc1ccccc1OCC(=O)NC(=S)Nc1ccc(N2CCN(C(=O)c3ccc(Cl)cc3)CC2)cc1. The summed E-state index contributed by atoms with van der Waals surface area (Å²) in [4.78, 5) is 29.0. The number of carbonyl (C=O) groups excluding carboxylic acids is 2. The molecule has 0 spiro atoms. The number of carbonyl (C=O) groups is 2. The van der Waals surface area contributed by atoms with Crippen LogP contribution in [0, 0.1) is 6.92 Å². The number of hydrogen-bond acceptors (Lipinski definition) is 5. The van der Waals surface area contributed by atoms with Crippen LogP contribution >= 0.6 is 23.8 Å². The second-order valence-electron chi connectivity index (χ2n) is 8.39. The maximum absolute atomic E-state index is 12.7. The summed E-state index contributed by atoms with van der Waals surface area (Å²) in [5, 5.41) is 6.47. The fraction of sp³-hybridized carbons (Fsp3) is 0.222. The van der Waals surface area contributed by atoms with E-state index in [0.717, 1.165) is 30.0 Å². The van der Waals surface area contributed by atoms with Crippen molar-refractivity contribution < 1.29 is 14.3 Å². The Bertz CT molecular complexity index is 1230. The van der Waals surface area contributed by atoms with Gasteiger partial charge in [0.15, 0.2) is 11.7 Å². The minimum atomic E-state index is -0.335. The number of amides is 2. The third-order valence-electron chi connectivity index (χ3n) is 5.85. The normalized spacial score (nSPS) is 13.2. The van der Waals surface area contributed by atoms with Crippen molar-refractivity contribution in [2.75, 3.05) is 43.0 Å². The maximum Gasteiger partial charge on any atom is 0.264 e. The van der Waals surface area contributed by atoms with Gasteiger partial charge in [-0.1, -0.05) is 29.8 Å². The molecule has 0 bridgehead atoms. The number of anilines is 2. The molecule has 4 rings (SSSR count). The molecular weight excluding hydrogens is 496 g/mol. The molecule has 2 amide bonds. The monoisotopic (exact) mass is 522 g/mol. The smallest absolute Gasteiger partial charge is 0.264 e. The number of piperazine rings is 1. The molecule has 0 saturated carbocycles. The van der Waals surface area contributed by atoms with Crippen LogP contribution in [0.25, 0.3) is 0 Å². The molecule has 1 aliphatic heterocycles. The van der Waals surface area contributed by atoms with E-state index in [4.69, 9.17) is 28.6 Å². The molecule has 0 unspecified atom stereocenters. The van der Waals surface area contributed by atoms with E-state index in [-0.39, 0.29) is 23.5 Å². The number of aryl methyl sites for hydroxylation is 1. The van der Waals surface area contributed by atoms with Crippen molar-refractivity contribution in [3.05, 3.63) is 88.9 Å². The first-order chi connectivity index (χ1) is 17.4. The predicted molar refractivity (Wildman–Crippen MR) is 147 cm³/mol. The second kappa shape index (κ2) is 11.9. The molecule has 1 heterocycles. The highest BCUT2D eigenvalue weighted by Crippen LogP contribution is 2.21. The van der Waals surface area contributed by atoms with Crippen molar-refractivity contribution in [1.82, 2.24) is 10.2 Å². The zero-order valence-electron chi connectivity index (χ0n) is 19.9. The number of para-hydroxylation sites is 1. The third-order valence-corrected chi connectivity index (χ3v) is 6.31. The predicted octanol–water partition coefficient (Wildman–Crippen LogP) is 4.50. The van der Waals surface area contributed by atoms with Crippen molar-refractivity contribution in [1.29, 1.82) is 0 Å². The molecule has 2 N–H and O–H groups in total. The van der Waals surface area contributed by atoms with Crippen LogP contribution in [0.1, 0.15) is 15.9 Å². The first-order valence-corrected chi connectivity index (χ1v) is 12.4. The Hall–Kier alpha value is -3.62. The number of rotatable bonds is 6. The summed E-state index contributed by atoms with van der Waals surface area (Å²) in [5.41, 5.74) is 3.43. The third kappa shape index (κ3) is 6.74. The number of halogens is 1. The summed E-state index contributed by atoms with van der Waals surface area (Å²) in [7, 11) is 0. The summed E-state index contributed by atoms with van der Waals surface area (Å²) >= 11 is 11.2. The number of nitrogens with zero attached hydrogens (tertiary/aromatic N) is 2. The molecule has 0 radical (unpaired) electrons. The Morgan fingerprint density at radius 1 is 0.944 bits per heavy atom. The zero-order valence-corrected chi connectivity index (χ0v) is 21.4. The largest absolute Gasteiger partial charge is 0.483 e. The molecule has 1 saturated heterocycles. The Morgan fingerprint density at radius 3 is 2.28 bits per heavy atom. The highest BCUT2D eigenvalue weighted by molar-refractivity contribution is 7.80. The molecule has 0 aromatic heterocycles. The fourth-order valence-corrected chi connectivity index (χ4v) is 4.24. The van der Waals surface area contributed by atoms with Crippen LogP contribution in [0.15, 0.2) is 72.8 Å². The molecule has 36 heavy (non-hydrogen) atoms. The van der Waals surface area contributed by atoms with Gasteiger partial charge in [-0.2, -0.15) is 0 Å². The van der Waals surface area contributed by atoms with Gasteiger partial charge in [-0.3, -0.25) is 14.9 Å². The molecule has 1 fully saturated rings. The van der Waals surface area contributed by atoms with Crippen molar-refractivity contribution >= 4 is 52.1 Å². The quantitative estimate of drug-likeness (QED) is 0.464. The van der Waals surface area contributed by atoms with Gasteiger partial charge in [0, 0.05) is 48.1 Å². The average Bonchev–Trinajstić information content (AvgIpc) is 2.89. The maximum atomic E-state index is 12.7. The number of benzene rings is 3. The molecule has 9 heteroatoms. The molecule has 3 aromatic carbocycles. The van der Waals surface area contributed by atoms with Gasteiger partial charge in [-0.05, 0) is 79.3 Å². The lowest BCUT2D eigenvalue weighted by Gasteiger charge is -2.36. The summed E-state index contributed by atoms with van der Waals surface area (Å²) in [6.07, 6.45) is 0.